The number of nitrogens with zero attached hydrogens (tertiary/aromatic N) is 1. The Balaban J connectivity index is 1.58. The van der Waals surface area contributed by atoms with E-state index in [1.54, 1.807) is 30.3 Å². The van der Waals surface area contributed by atoms with E-state index in [1.165, 1.54) is 18.2 Å². The molecule has 6 nitrogen and oxygen atoms in total. The SMILES string of the molecule is Cc1ccc(N2C(=O)NC(=O)/C(=C\c3c(OCc4cccc(F)c4)ccc4ccccc34)C2=O)cc1C. The van der Waals surface area contributed by atoms with Crippen molar-refractivity contribution in [2.24, 2.45) is 0 Å². The van der Waals surface area contributed by atoms with Gasteiger partial charge in [0.15, 0.2) is 0 Å². The maximum atomic E-state index is 13.7. The number of carbonyl (C=O) groups is 3. The molecule has 4 aromatic carbocycles. The predicted octanol–water partition coefficient (Wildman–Crippen LogP) is 5.84. The highest BCUT2D eigenvalue weighted by atomic mass is 19.1. The molecule has 184 valence electrons. The molecule has 0 spiro atoms. The average molecular weight is 495 g/mol. The molecule has 1 aliphatic rings. The average Bonchev–Trinajstić information content (AvgIpc) is 2.87. The third-order valence-electron chi connectivity index (χ3n) is 6.35. The molecule has 1 saturated heterocycles. The number of benzene rings is 4. The van der Waals surface area contributed by atoms with Gasteiger partial charge in [0.05, 0.1) is 5.69 Å². The van der Waals surface area contributed by atoms with Crippen molar-refractivity contribution >= 4 is 40.4 Å². The highest BCUT2D eigenvalue weighted by molar-refractivity contribution is 6.39. The minimum Gasteiger partial charge on any atom is -0.488 e. The van der Waals surface area contributed by atoms with Crippen molar-refractivity contribution in [3.8, 4) is 5.75 Å². The van der Waals surface area contributed by atoms with Gasteiger partial charge in [0.25, 0.3) is 11.8 Å². The molecule has 1 aliphatic heterocycles. The lowest BCUT2D eigenvalue weighted by Crippen LogP contribution is -2.54. The largest absolute Gasteiger partial charge is 0.488 e. The quantitative estimate of drug-likeness (QED) is 0.279. The van der Waals surface area contributed by atoms with Crippen LogP contribution in [0, 0.1) is 19.7 Å². The van der Waals surface area contributed by atoms with Gasteiger partial charge >= 0.3 is 6.03 Å². The number of rotatable bonds is 5. The lowest BCUT2D eigenvalue weighted by Gasteiger charge is -2.27. The van der Waals surface area contributed by atoms with Crippen molar-refractivity contribution in [3.05, 3.63) is 113 Å². The number of carbonyl (C=O) groups excluding carboxylic acids is 3. The Kier molecular flexibility index (Phi) is 6.27. The summed E-state index contributed by atoms with van der Waals surface area (Å²) in [5, 5.41) is 3.90. The molecule has 0 bridgehead atoms. The Morgan fingerprint density at radius 2 is 1.70 bits per heavy atom. The second-order valence-corrected chi connectivity index (χ2v) is 8.84. The Morgan fingerprint density at radius 1 is 0.892 bits per heavy atom. The van der Waals surface area contributed by atoms with E-state index in [9.17, 15) is 18.8 Å². The molecule has 4 amide bonds. The second-order valence-electron chi connectivity index (χ2n) is 8.84. The minimum atomic E-state index is -0.809. The first-order chi connectivity index (χ1) is 17.8. The van der Waals surface area contributed by atoms with Gasteiger partial charge in [-0.05, 0) is 77.7 Å². The molecule has 0 aliphatic carbocycles. The van der Waals surface area contributed by atoms with Crippen LogP contribution in [0.15, 0.2) is 84.4 Å². The van der Waals surface area contributed by atoms with Crippen LogP contribution in [0.3, 0.4) is 0 Å². The first kappa shape index (κ1) is 23.9. The Bertz CT molecular complexity index is 1610. The van der Waals surface area contributed by atoms with Gasteiger partial charge in [-0.15, -0.1) is 0 Å². The topological polar surface area (TPSA) is 75.7 Å². The normalized spacial score (nSPS) is 14.8. The van der Waals surface area contributed by atoms with Gasteiger partial charge in [0.2, 0.25) is 0 Å². The number of halogens is 1. The molecule has 7 heteroatoms. The van der Waals surface area contributed by atoms with E-state index >= 15 is 0 Å². The van der Waals surface area contributed by atoms with Gasteiger partial charge in [-0.25, -0.2) is 14.1 Å². The van der Waals surface area contributed by atoms with Crippen molar-refractivity contribution < 1.29 is 23.5 Å². The zero-order valence-corrected chi connectivity index (χ0v) is 20.2. The number of amides is 4. The van der Waals surface area contributed by atoms with E-state index in [-0.39, 0.29) is 18.0 Å². The van der Waals surface area contributed by atoms with E-state index < -0.39 is 17.8 Å². The summed E-state index contributed by atoms with van der Waals surface area (Å²) in [6, 6.07) is 21.6. The van der Waals surface area contributed by atoms with Crippen molar-refractivity contribution in [3.63, 3.8) is 0 Å². The third kappa shape index (κ3) is 4.71. The fourth-order valence-corrected chi connectivity index (χ4v) is 4.24. The van der Waals surface area contributed by atoms with E-state index in [0.29, 0.717) is 22.6 Å². The molecule has 0 aromatic heterocycles. The van der Waals surface area contributed by atoms with Crippen LogP contribution in [-0.2, 0) is 16.2 Å². The molecule has 5 rings (SSSR count). The molecular formula is C30H23FN2O4. The van der Waals surface area contributed by atoms with Crippen LogP contribution in [0.25, 0.3) is 16.8 Å². The number of anilines is 1. The number of aryl methyl sites for hydroxylation is 2. The third-order valence-corrected chi connectivity index (χ3v) is 6.35. The molecule has 0 unspecified atom stereocenters. The molecule has 4 aromatic rings. The van der Waals surface area contributed by atoms with Crippen LogP contribution in [0.2, 0.25) is 0 Å². The van der Waals surface area contributed by atoms with Crippen LogP contribution in [0.5, 0.6) is 5.75 Å². The second kappa shape index (κ2) is 9.70. The minimum absolute atomic E-state index is 0.0830. The number of barbiturate groups is 1. The Morgan fingerprint density at radius 3 is 2.49 bits per heavy atom. The summed E-state index contributed by atoms with van der Waals surface area (Å²) < 4.78 is 19.7. The summed E-state index contributed by atoms with van der Waals surface area (Å²) in [5.74, 6) is -1.49. The number of hydrogen-bond acceptors (Lipinski definition) is 4. The zero-order valence-electron chi connectivity index (χ0n) is 20.2. The lowest BCUT2D eigenvalue weighted by atomic mass is 9.99. The number of fused-ring (bicyclic) bond motifs is 1. The predicted molar refractivity (Wildman–Crippen MR) is 140 cm³/mol. The van der Waals surface area contributed by atoms with Crippen LogP contribution in [0.4, 0.5) is 14.9 Å². The number of nitrogens with one attached hydrogen (secondary N) is 1. The monoisotopic (exact) mass is 494 g/mol. The standard InChI is InChI=1S/C30H23FN2O4/c1-18-10-12-23(14-19(18)2)33-29(35)26(28(34)32-30(33)36)16-25-24-9-4-3-7-21(24)11-13-27(25)37-17-20-6-5-8-22(31)15-20/h3-16H,17H2,1-2H3,(H,32,34,36)/b26-16+. The zero-order chi connectivity index (χ0) is 26.1. The van der Waals surface area contributed by atoms with E-state index in [4.69, 9.17) is 4.74 Å². The molecule has 0 radical (unpaired) electrons. The molecule has 1 N–H and O–H groups in total. The fourth-order valence-electron chi connectivity index (χ4n) is 4.24. The van der Waals surface area contributed by atoms with Crippen LogP contribution >= 0.6 is 0 Å². The number of urea groups is 1. The molecule has 0 saturated carbocycles. The van der Waals surface area contributed by atoms with E-state index in [1.807, 2.05) is 50.2 Å². The Hall–Kier alpha value is -4.78. The van der Waals surface area contributed by atoms with Crippen LogP contribution < -0.4 is 15.0 Å². The summed E-state index contributed by atoms with van der Waals surface area (Å²) in [5.41, 5.74) is 3.21. The fraction of sp³-hybridized carbons (Fsp3) is 0.100. The lowest BCUT2D eigenvalue weighted by molar-refractivity contribution is -0.122. The van der Waals surface area contributed by atoms with Gasteiger partial charge < -0.3 is 4.74 Å². The summed E-state index contributed by atoms with van der Waals surface area (Å²) in [6.45, 7) is 3.89. The molecule has 0 atom stereocenters. The highest BCUT2D eigenvalue weighted by Crippen LogP contribution is 2.32. The van der Waals surface area contributed by atoms with Crippen molar-refractivity contribution in [1.29, 1.82) is 0 Å². The van der Waals surface area contributed by atoms with E-state index in [2.05, 4.69) is 5.32 Å². The summed E-state index contributed by atoms with van der Waals surface area (Å²) >= 11 is 0. The summed E-state index contributed by atoms with van der Waals surface area (Å²) in [6.07, 6.45) is 1.45. The maximum absolute atomic E-state index is 13.7. The van der Waals surface area contributed by atoms with Gasteiger partial charge in [0, 0.05) is 5.56 Å². The van der Waals surface area contributed by atoms with Crippen molar-refractivity contribution in [1.82, 2.24) is 5.32 Å². The number of hydrogen-bond donors (Lipinski definition) is 1. The van der Waals surface area contributed by atoms with Gasteiger partial charge in [-0.3, -0.25) is 14.9 Å². The maximum Gasteiger partial charge on any atom is 0.335 e. The first-order valence-corrected chi connectivity index (χ1v) is 11.7. The van der Waals surface area contributed by atoms with Gasteiger partial charge in [-0.1, -0.05) is 48.5 Å². The first-order valence-electron chi connectivity index (χ1n) is 11.7. The van der Waals surface area contributed by atoms with Crippen molar-refractivity contribution in [2.45, 2.75) is 20.5 Å². The smallest absolute Gasteiger partial charge is 0.335 e. The molecular weight excluding hydrogens is 471 g/mol. The number of imide groups is 2. The molecule has 37 heavy (non-hydrogen) atoms. The molecule has 1 fully saturated rings. The van der Waals surface area contributed by atoms with Crippen LogP contribution in [0.1, 0.15) is 22.3 Å². The highest BCUT2D eigenvalue weighted by Gasteiger charge is 2.37. The molecule has 1 heterocycles. The van der Waals surface area contributed by atoms with Gasteiger partial charge in [-0.2, -0.15) is 0 Å². The van der Waals surface area contributed by atoms with Gasteiger partial charge in [0.1, 0.15) is 23.7 Å². The van der Waals surface area contributed by atoms with Crippen molar-refractivity contribution in [2.75, 3.05) is 4.90 Å². The van der Waals surface area contributed by atoms with Crippen LogP contribution in [-0.4, -0.2) is 17.8 Å². The Labute approximate surface area is 213 Å². The summed E-state index contributed by atoms with van der Waals surface area (Å²) in [4.78, 5) is 40.0. The number of ether oxygens (including phenoxy) is 1. The van der Waals surface area contributed by atoms with E-state index in [0.717, 1.165) is 26.8 Å². The summed E-state index contributed by atoms with van der Waals surface area (Å²) in [7, 11) is 0.